The minimum Gasteiger partial charge on any atom is -0.311 e. The first-order chi connectivity index (χ1) is 9.31. The number of hydrogen-bond donors (Lipinski definition) is 1. The van der Waals surface area contributed by atoms with Crippen LogP contribution in [-0.2, 0) is 13.0 Å². The summed E-state index contributed by atoms with van der Waals surface area (Å²) in [5.41, 5.74) is 1.56. The molecule has 0 aromatic carbocycles. The van der Waals surface area contributed by atoms with E-state index in [1.165, 1.54) is 45.3 Å². The summed E-state index contributed by atoms with van der Waals surface area (Å²) < 4.78 is 0. The van der Waals surface area contributed by atoms with Crippen molar-refractivity contribution in [1.82, 2.24) is 10.2 Å². The van der Waals surface area contributed by atoms with Gasteiger partial charge >= 0.3 is 0 Å². The van der Waals surface area contributed by atoms with Gasteiger partial charge in [0, 0.05) is 36.6 Å². The molecule has 3 rings (SSSR count). The van der Waals surface area contributed by atoms with E-state index >= 15 is 0 Å². The van der Waals surface area contributed by atoms with Crippen molar-refractivity contribution in [3.05, 3.63) is 21.9 Å². The van der Waals surface area contributed by atoms with E-state index < -0.39 is 0 Å². The van der Waals surface area contributed by atoms with Crippen LogP contribution in [0.3, 0.4) is 0 Å². The van der Waals surface area contributed by atoms with Crippen LogP contribution >= 0.6 is 11.3 Å². The van der Waals surface area contributed by atoms with Gasteiger partial charge in [-0.1, -0.05) is 13.8 Å². The van der Waals surface area contributed by atoms with Crippen molar-refractivity contribution < 1.29 is 0 Å². The molecule has 2 fully saturated rings. The molecule has 1 aliphatic carbocycles. The van der Waals surface area contributed by atoms with Gasteiger partial charge in [0.2, 0.25) is 0 Å². The molecule has 1 aliphatic heterocycles. The number of hydrogen-bond acceptors (Lipinski definition) is 3. The van der Waals surface area contributed by atoms with Crippen LogP contribution in [0.1, 0.15) is 43.6 Å². The molecule has 2 aliphatic rings. The van der Waals surface area contributed by atoms with E-state index in [4.69, 9.17) is 0 Å². The summed E-state index contributed by atoms with van der Waals surface area (Å²) in [5, 5.41) is 6.04. The number of nitrogens with zero attached hydrogens (tertiary/aromatic N) is 1. The van der Waals surface area contributed by atoms with Crippen LogP contribution in [0.15, 0.2) is 11.4 Å². The Morgan fingerprint density at radius 2 is 2.21 bits per heavy atom. The molecule has 0 amide bonds. The lowest BCUT2D eigenvalue weighted by molar-refractivity contribution is 0.112. The zero-order valence-electron chi connectivity index (χ0n) is 12.2. The Bertz CT molecular complexity index is 411. The second kappa shape index (κ2) is 5.94. The summed E-state index contributed by atoms with van der Waals surface area (Å²) in [7, 11) is 0. The predicted octanol–water partition coefficient (Wildman–Crippen LogP) is 3.27. The highest BCUT2D eigenvalue weighted by Gasteiger charge is 2.36. The minimum atomic E-state index is 0.724. The Kier molecular flexibility index (Phi) is 4.25. The van der Waals surface area contributed by atoms with E-state index in [9.17, 15) is 0 Å². The fraction of sp³-hybridized carbons (Fsp3) is 0.750. The molecule has 1 saturated heterocycles. The molecule has 1 aromatic rings. The standard InChI is InChI=1S/C16H26N2S/c1-3-12-7-8-19-16(12)11-18-10-15(13-5-6-13)17-9-14(18)4-2/h7-8,13-15,17H,3-6,9-11H2,1-2H3. The smallest absolute Gasteiger partial charge is 0.0334 e. The molecule has 2 atom stereocenters. The molecule has 1 N–H and O–H groups in total. The highest BCUT2D eigenvalue weighted by atomic mass is 32.1. The third-order valence-electron chi connectivity index (χ3n) is 4.79. The highest BCUT2D eigenvalue weighted by Crippen LogP contribution is 2.35. The lowest BCUT2D eigenvalue weighted by Crippen LogP contribution is -2.56. The van der Waals surface area contributed by atoms with E-state index in [0.717, 1.165) is 18.0 Å². The average molecular weight is 278 g/mol. The Hall–Kier alpha value is -0.380. The van der Waals surface area contributed by atoms with Crippen LogP contribution in [0.25, 0.3) is 0 Å². The zero-order chi connectivity index (χ0) is 13.2. The second-order valence-electron chi connectivity index (χ2n) is 6.07. The molecular weight excluding hydrogens is 252 g/mol. The molecule has 2 heterocycles. The van der Waals surface area contributed by atoms with Crippen LogP contribution in [0.2, 0.25) is 0 Å². The van der Waals surface area contributed by atoms with Crippen molar-refractivity contribution in [2.75, 3.05) is 13.1 Å². The van der Waals surface area contributed by atoms with E-state index in [1.807, 2.05) is 11.3 Å². The molecule has 1 saturated carbocycles. The van der Waals surface area contributed by atoms with Gasteiger partial charge in [0.1, 0.15) is 0 Å². The van der Waals surface area contributed by atoms with Crippen molar-refractivity contribution in [3.8, 4) is 0 Å². The summed E-state index contributed by atoms with van der Waals surface area (Å²) in [5.74, 6) is 0.967. The fourth-order valence-corrected chi connectivity index (χ4v) is 4.30. The normalized spacial score (nSPS) is 28.7. The molecule has 0 radical (unpaired) electrons. The zero-order valence-corrected chi connectivity index (χ0v) is 13.0. The molecule has 3 heteroatoms. The highest BCUT2D eigenvalue weighted by molar-refractivity contribution is 7.10. The molecule has 1 aromatic heterocycles. The van der Waals surface area contributed by atoms with Gasteiger partial charge in [-0.2, -0.15) is 0 Å². The van der Waals surface area contributed by atoms with Gasteiger partial charge in [-0.3, -0.25) is 4.90 Å². The van der Waals surface area contributed by atoms with Crippen molar-refractivity contribution in [1.29, 1.82) is 0 Å². The quantitative estimate of drug-likeness (QED) is 0.889. The van der Waals surface area contributed by atoms with Crippen LogP contribution in [0.4, 0.5) is 0 Å². The molecule has 2 nitrogen and oxygen atoms in total. The van der Waals surface area contributed by atoms with Gasteiger partial charge in [0.25, 0.3) is 0 Å². The lowest BCUT2D eigenvalue weighted by atomic mass is 10.0. The summed E-state index contributed by atoms with van der Waals surface area (Å²) in [4.78, 5) is 4.34. The van der Waals surface area contributed by atoms with Crippen LogP contribution in [0.5, 0.6) is 0 Å². The molecular formula is C16H26N2S. The van der Waals surface area contributed by atoms with Gasteiger partial charge in [-0.15, -0.1) is 11.3 Å². The van der Waals surface area contributed by atoms with E-state index in [1.54, 1.807) is 10.4 Å². The fourth-order valence-electron chi connectivity index (χ4n) is 3.30. The topological polar surface area (TPSA) is 15.3 Å². The number of nitrogens with one attached hydrogen (secondary N) is 1. The molecule has 0 bridgehead atoms. The molecule has 2 unspecified atom stereocenters. The van der Waals surface area contributed by atoms with E-state index in [0.29, 0.717) is 0 Å². The maximum atomic E-state index is 3.78. The largest absolute Gasteiger partial charge is 0.311 e. The SMILES string of the molecule is CCc1ccsc1CN1CC(C2CC2)NCC1CC. The molecule has 19 heavy (non-hydrogen) atoms. The Morgan fingerprint density at radius 3 is 2.89 bits per heavy atom. The number of thiophene rings is 1. The Morgan fingerprint density at radius 1 is 1.37 bits per heavy atom. The van der Waals surface area contributed by atoms with Gasteiger partial charge < -0.3 is 5.32 Å². The van der Waals surface area contributed by atoms with Crippen LogP contribution in [-0.4, -0.2) is 30.1 Å². The average Bonchev–Trinajstić information content (AvgIpc) is 3.19. The third-order valence-corrected chi connectivity index (χ3v) is 5.74. The second-order valence-corrected chi connectivity index (χ2v) is 7.07. The minimum absolute atomic E-state index is 0.724. The first-order valence-corrected chi connectivity index (χ1v) is 8.72. The van der Waals surface area contributed by atoms with Gasteiger partial charge in [0.15, 0.2) is 0 Å². The van der Waals surface area contributed by atoms with Crippen molar-refractivity contribution in [2.24, 2.45) is 5.92 Å². The van der Waals surface area contributed by atoms with Crippen LogP contribution < -0.4 is 5.32 Å². The Balaban J connectivity index is 1.68. The predicted molar refractivity (Wildman–Crippen MR) is 82.7 cm³/mol. The maximum absolute atomic E-state index is 3.78. The van der Waals surface area contributed by atoms with Crippen molar-refractivity contribution >= 4 is 11.3 Å². The molecule has 106 valence electrons. The first kappa shape index (κ1) is 13.6. The number of rotatable bonds is 5. The number of aryl methyl sites for hydroxylation is 1. The summed E-state index contributed by atoms with van der Waals surface area (Å²) in [6.45, 7) is 8.21. The van der Waals surface area contributed by atoms with E-state index in [2.05, 4.69) is 35.5 Å². The molecule has 0 spiro atoms. The van der Waals surface area contributed by atoms with Crippen molar-refractivity contribution in [3.63, 3.8) is 0 Å². The van der Waals surface area contributed by atoms with Gasteiger partial charge in [-0.05, 0) is 48.6 Å². The first-order valence-electron chi connectivity index (χ1n) is 7.84. The summed E-state index contributed by atoms with van der Waals surface area (Å²) in [6, 6.07) is 3.79. The monoisotopic (exact) mass is 278 g/mol. The Labute approximate surface area is 121 Å². The van der Waals surface area contributed by atoms with Crippen LogP contribution in [0, 0.1) is 5.92 Å². The summed E-state index contributed by atoms with van der Waals surface area (Å²) >= 11 is 1.94. The van der Waals surface area contributed by atoms with Gasteiger partial charge in [-0.25, -0.2) is 0 Å². The lowest BCUT2D eigenvalue weighted by Gasteiger charge is -2.40. The maximum Gasteiger partial charge on any atom is 0.0334 e. The van der Waals surface area contributed by atoms with E-state index in [-0.39, 0.29) is 0 Å². The number of piperazine rings is 1. The van der Waals surface area contributed by atoms with Crippen molar-refractivity contribution in [2.45, 2.75) is 58.2 Å². The summed E-state index contributed by atoms with van der Waals surface area (Å²) in [6.07, 6.45) is 5.33. The van der Waals surface area contributed by atoms with Gasteiger partial charge in [0.05, 0.1) is 0 Å². The third kappa shape index (κ3) is 3.04.